The van der Waals surface area contributed by atoms with Gasteiger partial charge in [-0.15, -0.1) is 12.4 Å². The second-order valence-corrected chi connectivity index (χ2v) is 10.5. The average Bonchev–Trinajstić information content (AvgIpc) is 3.21. The lowest BCUT2D eigenvalue weighted by atomic mass is 9.68. The van der Waals surface area contributed by atoms with Gasteiger partial charge in [-0.2, -0.15) is 0 Å². The van der Waals surface area contributed by atoms with E-state index in [0.29, 0.717) is 5.41 Å². The summed E-state index contributed by atoms with van der Waals surface area (Å²) >= 11 is 0. The molecule has 2 saturated heterocycles. The zero-order valence-electron chi connectivity index (χ0n) is 18.7. The maximum Gasteiger partial charge on any atom is 0.0507 e. The molecule has 1 aromatic carbocycles. The summed E-state index contributed by atoms with van der Waals surface area (Å²) in [5.41, 5.74) is 3.60. The first-order chi connectivity index (χ1) is 13.5. The molecule has 3 fully saturated rings. The number of piperazine rings is 1. The smallest absolute Gasteiger partial charge is 0.0507 e. The summed E-state index contributed by atoms with van der Waals surface area (Å²) in [6.45, 7) is 15.2. The van der Waals surface area contributed by atoms with Crippen molar-refractivity contribution in [2.45, 2.75) is 58.8 Å². The molecule has 0 spiro atoms. The van der Waals surface area contributed by atoms with Crippen molar-refractivity contribution in [2.24, 2.45) is 17.3 Å². The fourth-order valence-corrected chi connectivity index (χ4v) is 5.65. The van der Waals surface area contributed by atoms with Gasteiger partial charge in [-0.25, -0.2) is 0 Å². The zero-order chi connectivity index (χ0) is 19.6. The van der Waals surface area contributed by atoms with Crippen LogP contribution in [0.4, 0.5) is 5.69 Å². The highest BCUT2D eigenvalue weighted by Crippen LogP contribution is 2.45. The summed E-state index contributed by atoms with van der Waals surface area (Å²) in [5, 5.41) is 0. The van der Waals surface area contributed by atoms with Gasteiger partial charge in [-0.05, 0) is 66.9 Å². The van der Waals surface area contributed by atoms with E-state index in [2.05, 4.69) is 54.8 Å². The first-order valence-electron chi connectivity index (χ1n) is 11.6. The number of benzene rings is 1. The third-order valence-corrected chi connectivity index (χ3v) is 7.58. The lowest BCUT2D eigenvalue weighted by molar-refractivity contribution is 0.164. The van der Waals surface area contributed by atoms with Gasteiger partial charge < -0.3 is 9.64 Å². The van der Waals surface area contributed by atoms with Crippen LogP contribution in [-0.4, -0.2) is 50.8 Å². The van der Waals surface area contributed by atoms with Gasteiger partial charge in [0, 0.05) is 45.0 Å². The number of para-hydroxylation sites is 1. The number of halogens is 1. The van der Waals surface area contributed by atoms with E-state index in [4.69, 9.17) is 4.74 Å². The number of ether oxygens (including phenoxy) is 1. The largest absolute Gasteiger partial charge is 0.381 e. The molecule has 1 unspecified atom stereocenters. The molecule has 0 N–H and O–H groups in total. The predicted octanol–water partition coefficient (Wildman–Crippen LogP) is 5.59. The van der Waals surface area contributed by atoms with Crippen LogP contribution in [0.25, 0.3) is 0 Å². The van der Waals surface area contributed by atoms with E-state index in [1.54, 1.807) is 5.56 Å². The van der Waals surface area contributed by atoms with Gasteiger partial charge in [0.25, 0.3) is 0 Å². The Bertz CT molecular complexity index is 622. The third-order valence-electron chi connectivity index (χ3n) is 7.58. The molecule has 1 atom stereocenters. The summed E-state index contributed by atoms with van der Waals surface area (Å²) in [6, 6.07) is 9.29. The molecule has 3 nitrogen and oxygen atoms in total. The van der Waals surface area contributed by atoms with Crippen molar-refractivity contribution in [2.75, 3.05) is 50.8 Å². The second kappa shape index (κ2) is 10.0. The van der Waals surface area contributed by atoms with Crippen LogP contribution >= 0.6 is 12.4 Å². The number of rotatable bonds is 4. The molecule has 0 radical (unpaired) electrons. The summed E-state index contributed by atoms with van der Waals surface area (Å²) in [7, 11) is 0. The van der Waals surface area contributed by atoms with E-state index < -0.39 is 0 Å². The van der Waals surface area contributed by atoms with Crippen LogP contribution in [0.2, 0.25) is 0 Å². The molecule has 2 aliphatic heterocycles. The van der Waals surface area contributed by atoms with Gasteiger partial charge in [0.2, 0.25) is 0 Å². The molecule has 1 saturated carbocycles. The Balaban J connectivity index is 0.00000240. The Morgan fingerprint density at radius 2 is 1.62 bits per heavy atom. The highest BCUT2D eigenvalue weighted by molar-refractivity contribution is 5.85. The normalized spacial score (nSPS) is 28.9. The van der Waals surface area contributed by atoms with Crippen LogP contribution in [-0.2, 0) is 4.74 Å². The van der Waals surface area contributed by atoms with Crippen molar-refractivity contribution >= 4 is 18.1 Å². The van der Waals surface area contributed by atoms with Crippen LogP contribution in [0.5, 0.6) is 0 Å². The molecule has 3 aliphatic rings. The van der Waals surface area contributed by atoms with Crippen LogP contribution < -0.4 is 4.90 Å². The number of nitrogens with zero attached hydrogens (tertiary/aromatic N) is 2. The van der Waals surface area contributed by atoms with Crippen molar-refractivity contribution in [3.8, 4) is 0 Å². The summed E-state index contributed by atoms with van der Waals surface area (Å²) in [4.78, 5) is 5.32. The molecule has 0 bridgehead atoms. The number of anilines is 1. The minimum atomic E-state index is 0. The van der Waals surface area contributed by atoms with Crippen molar-refractivity contribution in [1.29, 1.82) is 0 Å². The maximum absolute atomic E-state index is 5.56. The van der Waals surface area contributed by atoms with E-state index in [1.807, 2.05) is 0 Å². The van der Waals surface area contributed by atoms with Crippen molar-refractivity contribution < 1.29 is 4.74 Å². The van der Waals surface area contributed by atoms with Crippen LogP contribution in [0.3, 0.4) is 0 Å². The molecule has 4 heteroatoms. The Labute approximate surface area is 184 Å². The standard InChI is InChI=1S/C25H40N2O.ClH/c1-25(2,3)22-10-8-21(9-11-22)23-6-4-5-7-24(23)27-15-13-26(14-16-27)18-20-12-17-28-19-20;/h4-7,20-22H,8-19H2,1-3H3;1H. The summed E-state index contributed by atoms with van der Waals surface area (Å²) < 4.78 is 5.56. The monoisotopic (exact) mass is 420 g/mol. The van der Waals surface area contributed by atoms with Gasteiger partial charge in [0.1, 0.15) is 0 Å². The fourth-order valence-electron chi connectivity index (χ4n) is 5.65. The highest BCUT2D eigenvalue weighted by Gasteiger charge is 2.32. The minimum Gasteiger partial charge on any atom is -0.381 e. The predicted molar refractivity (Wildman–Crippen MR) is 125 cm³/mol. The Hall–Kier alpha value is -0.770. The summed E-state index contributed by atoms with van der Waals surface area (Å²) in [6.07, 6.45) is 6.75. The topological polar surface area (TPSA) is 15.7 Å². The molecule has 1 aliphatic carbocycles. The maximum atomic E-state index is 5.56. The van der Waals surface area contributed by atoms with Crippen molar-refractivity contribution in [3.63, 3.8) is 0 Å². The van der Waals surface area contributed by atoms with Crippen LogP contribution in [0.15, 0.2) is 24.3 Å². The van der Waals surface area contributed by atoms with E-state index in [9.17, 15) is 0 Å². The first kappa shape index (κ1) is 22.9. The Morgan fingerprint density at radius 3 is 2.24 bits per heavy atom. The minimum absolute atomic E-state index is 0. The Kier molecular flexibility index (Phi) is 7.92. The lowest BCUT2D eigenvalue weighted by Gasteiger charge is -2.40. The number of hydrogen-bond donors (Lipinski definition) is 0. The molecular formula is C25H41ClN2O. The second-order valence-electron chi connectivity index (χ2n) is 10.5. The van der Waals surface area contributed by atoms with Crippen LogP contribution in [0, 0.1) is 17.3 Å². The van der Waals surface area contributed by atoms with Gasteiger partial charge in [-0.1, -0.05) is 39.0 Å². The molecule has 29 heavy (non-hydrogen) atoms. The van der Waals surface area contributed by atoms with Crippen molar-refractivity contribution in [3.05, 3.63) is 29.8 Å². The quantitative estimate of drug-likeness (QED) is 0.631. The average molecular weight is 421 g/mol. The molecule has 0 aromatic heterocycles. The first-order valence-corrected chi connectivity index (χ1v) is 11.6. The van der Waals surface area contributed by atoms with Gasteiger partial charge in [0.15, 0.2) is 0 Å². The van der Waals surface area contributed by atoms with Gasteiger partial charge in [-0.3, -0.25) is 4.90 Å². The van der Waals surface area contributed by atoms with E-state index in [0.717, 1.165) is 31.0 Å². The summed E-state index contributed by atoms with van der Waals surface area (Å²) in [5.74, 6) is 2.40. The lowest BCUT2D eigenvalue weighted by Crippen LogP contribution is -2.48. The molecule has 2 heterocycles. The molecule has 4 rings (SSSR count). The third kappa shape index (κ3) is 5.68. The van der Waals surface area contributed by atoms with Gasteiger partial charge >= 0.3 is 0 Å². The number of hydrogen-bond acceptors (Lipinski definition) is 3. The van der Waals surface area contributed by atoms with E-state index >= 15 is 0 Å². The molecule has 164 valence electrons. The fraction of sp³-hybridized carbons (Fsp3) is 0.760. The highest BCUT2D eigenvalue weighted by atomic mass is 35.5. The SMILES string of the molecule is CC(C)(C)C1CCC(c2ccccc2N2CCN(CC3CCOC3)CC2)CC1.Cl. The molecule has 1 aromatic rings. The van der Waals surface area contributed by atoms with E-state index in [-0.39, 0.29) is 12.4 Å². The molecular weight excluding hydrogens is 380 g/mol. The van der Waals surface area contributed by atoms with Crippen molar-refractivity contribution in [1.82, 2.24) is 4.90 Å². The van der Waals surface area contributed by atoms with E-state index in [1.165, 1.54) is 70.5 Å². The Morgan fingerprint density at radius 1 is 0.931 bits per heavy atom. The molecule has 0 amide bonds. The zero-order valence-corrected chi connectivity index (χ0v) is 19.6. The van der Waals surface area contributed by atoms with Crippen LogP contribution in [0.1, 0.15) is 64.4 Å². The van der Waals surface area contributed by atoms with Gasteiger partial charge in [0.05, 0.1) is 6.61 Å².